The Labute approximate surface area is 97.8 Å². The highest BCUT2D eigenvalue weighted by Gasteiger charge is 2.27. The second-order valence-corrected chi connectivity index (χ2v) is 3.92. The van der Waals surface area contributed by atoms with E-state index in [4.69, 9.17) is 0 Å². The van der Waals surface area contributed by atoms with Gasteiger partial charge < -0.3 is 4.74 Å². The number of aromatic nitrogens is 3. The average molecular weight is 247 g/mol. The molecule has 17 heavy (non-hydrogen) atoms. The van der Waals surface area contributed by atoms with Crippen LogP contribution in [0.1, 0.15) is 43.4 Å². The van der Waals surface area contributed by atoms with Gasteiger partial charge in [0.2, 0.25) is 0 Å². The Kier molecular flexibility index (Phi) is 4.53. The van der Waals surface area contributed by atoms with E-state index in [0.717, 1.165) is 4.68 Å². The summed E-state index contributed by atoms with van der Waals surface area (Å²) in [5.41, 5.74) is -0.875. The highest BCUT2D eigenvalue weighted by molar-refractivity contribution is 5.88. The van der Waals surface area contributed by atoms with E-state index in [1.54, 1.807) is 6.92 Å². The number of hydrogen-bond donors (Lipinski definition) is 0. The first-order valence-corrected chi connectivity index (χ1v) is 5.36. The molecule has 0 bridgehead atoms. The molecule has 0 amide bonds. The zero-order chi connectivity index (χ0) is 13.0. The molecule has 5 nitrogen and oxygen atoms in total. The standard InChI is InChI=1S/C10H15F2N3O2/c1-4-17-10(16)7-8(9(11)12)15(14-13-7)5-6(2)3/h6,9H,4-5H2,1-3H3. The molecular weight excluding hydrogens is 232 g/mol. The Balaban J connectivity index is 3.06. The van der Waals surface area contributed by atoms with Crippen molar-refractivity contribution in [3.05, 3.63) is 11.4 Å². The van der Waals surface area contributed by atoms with Crippen LogP contribution in [0.25, 0.3) is 0 Å². The molecule has 0 saturated carbocycles. The van der Waals surface area contributed by atoms with E-state index in [-0.39, 0.29) is 19.1 Å². The van der Waals surface area contributed by atoms with Gasteiger partial charge in [-0.15, -0.1) is 5.10 Å². The molecule has 0 aliphatic heterocycles. The van der Waals surface area contributed by atoms with E-state index >= 15 is 0 Å². The monoisotopic (exact) mass is 247 g/mol. The summed E-state index contributed by atoms with van der Waals surface area (Å²) in [4.78, 5) is 11.4. The quantitative estimate of drug-likeness (QED) is 0.747. The van der Waals surface area contributed by atoms with E-state index in [9.17, 15) is 13.6 Å². The predicted octanol–water partition coefficient (Wildman–Crippen LogP) is 2.05. The molecule has 0 radical (unpaired) electrons. The summed E-state index contributed by atoms with van der Waals surface area (Å²) in [6.45, 7) is 5.71. The van der Waals surface area contributed by atoms with E-state index in [1.807, 2.05) is 13.8 Å². The van der Waals surface area contributed by atoms with Crippen LogP contribution in [0.5, 0.6) is 0 Å². The van der Waals surface area contributed by atoms with Gasteiger partial charge in [-0.05, 0) is 12.8 Å². The third kappa shape index (κ3) is 3.21. The van der Waals surface area contributed by atoms with Crippen molar-refractivity contribution in [3.8, 4) is 0 Å². The van der Waals surface area contributed by atoms with Crippen molar-refractivity contribution < 1.29 is 18.3 Å². The van der Waals surface area contributed by atoms with Crippen LogP contribution in [-0.4, -0.2) is 27.6 Å². The van der Waals surface area contributed by atoms with Crippen LogP contribution < -0.4 is 0 Å². The fraction of sp³-hybridized carbons (Fsp3) is 0.700. The van der Waals surface area contributed by atoms with E-state index < -0.39 is 23.8 Å². The molecule has 0 saturated heterocycles. The van der Waals surface area contributed by atoms with Crippen LogP contribution in [-0.2, 0) is 11.3 Å². The molecule has 0 aliphatic carbocycles. The lowest BCUT2D eigenvalue weighted by molar-refractivity contribution is 0.0506. The molecule has 0 fully saturated rings. The van der Waals surface area contributed by atoms with Crippen molar-refractivity contribution >= 4 is 5.97 Å². The van der Waals surface area contributed by atoms with Crippen LogP contribution in [0.4, 0.5) is 8.78 Å². The Morgan fingerprint density at radius 1 is 1.47 bits per heavy atom. The van der Waals surface area contributed by atoms with Gasteiger partial charge in [0.1, 0.15) is 5.69 Å². The minimum Gasteiger partial charge on any atom is -0.461 e. The lowest BCUT2D eigenvalue weighted by Crippen LogP contribution is -2.13. The van der Waals surface area contributed by atoms with Crippen molar-refractivity contribution in [3.63, 3.8) is 0 Å². The Morgan fingerprint density at radius 2 is 2.12 bits per heavy atom. The van der Waals surface area contributed by atoms with Crippen molar-refractivity contribution in [1.29, 1.82) is 0 Å². The van der Waals surface area contributed by atoms with Gasteiger partial charge in [-0.3, -0.25) is 0 Å². The summed E-state index contributed by atoms with van der Waals surface area (Å²) >= 11 is 0. The smallest absolute Gasteiger partial charge is 0.361 e. The Morgan fingerprint density at radius 3 is 2.59 bits per heavy atom. The zero-order valence-corrected chi connectivity index (χ0v) is 9.98. The maximum absolute atomic E-state index is 12.9. The van der Waals surface area contributed by atoms with E-state index in [1.165, 1.54) is 0 Å². The molecule has 96 valence electrons. The predicted molar refractivity (Wildman–Crippen MR) is 55.8 cm³/mol. The molecule has 1 rings (SSSR count). The number of halogens is 2. The molecule has 1 aromatic heterocycles. The minimum absolute atomic E-state index is 0.110. The number of hydrogen-bond acceptors (Lipinski definition) is 4. The van der Waals surface area contributed by atoms with Gasteiger partial charge in [-0.2, -0.15) is 0 Å². The molecule has 1 aromatic rings. The maximum atomic E-state index is 12.9. The SMILES string of the molecule is CCOC(=O)c1nnn(CC(C)C)c1C(F)F. The van der Waals surface area contributed by atoms with Crippen LogP contribution >= 0.6 is 0 Å². The highest BCUT2D eigenvalue weighted by atomic mass is 19.3. The molecule has 7 heteroatoms. The second kappa shape index (κ2) is 5.70. The first kappa shape index (κ1) is 13.5. The summed E-state index contributed by atoms with van der Waals surface area (Å²) in [6.07, 6.45) is -2.80. The summed E-state index contributed by atoms with van der Waals surface area (Å²) in [5, 5.41) is 7.03. The van der Waals surface area contributed by atoms with E-state index in [0.29, 0.717) is 0 Å². The van der Waals surface area contributed by atoms with E-state index in [2.05, 4.69) is 15.0 Å². The van der Waals surface area contributed by atoms with Crippen molar-refractivity contribution in [2.75, 3.05) is 6.61 Å². The number of rotatable bonds is 5. The fourth-order valence-electron chi connectivity index (χ4n) is 1.36. The Bertz CT molecular complexity index is 391. The number of carbonyl (C=O) groups is 1. The summed E-state index contributed by atoms with van der Waals surface area (Å²) in [7, 11) is 0. The van der Waals surface area contributed by atoms with Crippen LogP contribution in [0, 0.1) is 5.92 Å². The third-order valence-corrected chi connectivity index (χ3v) is 1.99. The first-order chi connectivity index (χ1) is 7.97. The summed E-state index contributed by atoms with van der Waals surface area (Å²) in [5.74, 6) is -0.734. The second-order valence-electron chi connectivity index (χ2n) is 3.92. The fourth-order valence-corrected chi connectivity index (χ4v) is 1.36. The first-order valence-electron chi connectivity index (χ1n) is 5.36. The Hall–Kier alpha value is -1.53. The lowest BCUT2D eigenvalue weighted by atomic mass is 10.2. The zero-order valence-electron chi connectivity index (χ0n) is 9.98. The van der Waals surface area contributed by atoms with Crippen LogP contribution in [0.15, 0.2) is 0 Å². The summed E-state index contributed by atoms with van der Waals surface area (Å²) < 4.78 is 31.4. The largest absolute Gasteiger partial charge is 0.461 e. The molecule has 1 heterocycles. The molecule has 0 N–H and O–H groups in total. The van der Waals surface area contributed by atoms with Crippen LogP contribution in [0.2, 0.25) is 0 Å². The number of carbonyl (C=O) groups excluding carboxylic acids is 1. The van der Waals surface area contributed by atoms with Crippen molar-refractivity contribution in [2.24, 2.45) is 5.92 Å². The van der Waals surface area contributed by atoms with Gasteiger partial charge in [-0.1, -0.05) is 19.1 Å². The number of nitrogens with zero attached hydrogens (tertiary/aromatic N) is 3. The highest BCUT2D eigenvalue weighted by Crippen LogP contribution is 2.22. The number of esters is 1. The van der Waals surface area contributed by atoms with Crippen molar-refractivity contribution in [1.82, 2.24) is 15.0 Å². The normalized spacial score (nSPS) is 11.2. The third-order valence-electron chi connectivity index (χ3n) is 1.99. The van der Waals surface area contributed by atoms with Gasteiger partial charge in [0.15, 0.2) is 5.69 Å². The molecular formula is C10H15F2N3O2. The van der Waals surface area contributed by atoms with Crippen molar-refractivity contribution in [2.45, 2.75) is 33.7 Å². The molecule has 0 aromatic carbocycles. The van der Waals surface area contributed by atoms with Gasteiger partial charge in [0, 0.05) is 6.54 Å². The van der Waals surface area contributed by atoms with Gasteiger partial charge in [-0.25, -0.2) is 18.3 Å². The molecule has 0 aliphatic rings. The summed E-state index contributed by atoms with van der Waals surface area (Å²) in [6, 6.07) is 0. The average Bonchev–Trinajstić information content (AvgIpc) is 2.60. The topological polar surface area (TPSA) is 57.0 Å². The molecule has 0 spiro atoms. The van der Waals surface area contributed by atoms with Crippen LogP contribution in [0.3, 0.4) is 0 Å². The molecule has 0 atom stereocenters. The number of ether oxygens (including phenoxy) is 1. The minimum atomic E-state index is -2.80. The molecule has 0 unspecified atom stereocenters. The van der Waals surface area contributed by atoms with Gasteiger partial charge in [0.05, 0.1) is 6.61 Å². The van der Waals surface area contributed by atoms with Gasteiger partial charge >= 0.3 is 5.97 Å². The lowest BCUT2D eigenvalue weighted by Gasteiger charge is -2.08. The van der Waals surface area contributed by atoms with Gasteiger partial charge in [0.25, 0.3) is 6.43 Å². The number of alkyl halides is 2. The maximum Gasteiger partial charge on any atom is 0.361 e.